The van der Waals surface area contributed by atoms with Crippen LogP contribution in [0.3, 0.4) is 0 Å². The van der Waals surface area contributed by atoms with Gasteiger partial charge >= 0.3 is 0 Å². The summed E-state index contributed by atoms with van der Waals surface area (Å²) in [6.45, 7) is 2.27. The van der Waals surface area contributed by atoms with Gasteiger partial charge in [-0.25, -0.2) is 4.68 Å². The second-order valence-corrected chi connectivity index (χ2v) is 7.23. The lowest BCUT2D eigenvalue weighted by atomic mass is 9.98. The molecule has 162 valence electrons. The van der Waals surface area contributed by atoms with Gasteiger partial charge in [0.1, 0.15) is 12.4 Å². The fraction of sp³-hybridized carbons (Fsp3) is 0.261. The van der Waals surface area contributed by atoms with Crippen LogP contribution in [0.15, 0.2) is 53.3 Å². The minimum Gasteiger partial charge on any atom is -0.497 e. The topological polar surface area (TPSA) is 79.7 Å². The van der Waals surface area contributed by atoms with E-state index >= 15 is 0 Å². The minimum atomic E-state index is -0.334. The summed E-state index contributed by atoms with van der Waals surface area (Å²) >= 11 is 6.17. The first-order valence-electron chi connectivity index (χ1n) is 9.60. The molecule has 1 heterocycles. The average Bonchev–Trinajstić information content (AvgIpc) is 2.76. The smallest absolute Gasteiger partial charge is 0.267 e. The van der Waals surface area contributed by atoms with Crippen LogP contribution in [-0.4, -0.2) is 43.0 Å². The van der Waals surface area contributed by atoms with Crippen molar-refractivity contribution >= 4 is 17.4 Å². The Morgan fingerprint density at radius 2 is 1.77 bits per heavy atom. The van der Waals surface area contributed by atoms with Gasteiger partial charge in [0.05, 0.1) is 25.8 Å². The van der Waals surface area contributed by atoms with Crippen LogP contribution in [0.2, 0.25) is 5.02 Å². The monoisotopic (exact) mass is 442 g/mol. The van der Waals surface area contributed by atoms with Crippen molar-refractivity contribution in [2.75, 3.05) is 27.4 Å². The first-order valence-corrected chi connectivity index (χ1v) is 9.98. The number of ketones is 1. The molecule has 0 amide bonds. The van der Waals surface area contributed by atoms with Gasteiger partial charge in [-0.2, -0.15) is 0 Å². The van der Waals surface area contributed by atoms with Gasteiger partial charge in [-0.05, 0) is 48.4 Å². The molecule has 0 fully saturated rings. The van der Waals surface area contributed by atoms with Crippen LogP contribution >= 0.6 is 11.6 Å². The Bertz CT molecular complexity index is 1130. The summed E-state index contributed by atoms with van der Waals surface area (Å²) in [5.74, 6) is 0.785. The number of carbonyl (C=O) groups is 1. The number of hydrogen-bond acceptors (Lipinski definition) is 6. The number of rotatable bonds is 9. The van der Waals surface area contributed by atoms with Crippen LogP contribution in [0, 0.1) is 0 Å². The van der Waals surface area contributed by atoms with Crippen LogP contribution in [0.1, 0.15) is 22.8 Å². The minimum absolute atomic E-state index is 0.156. The van der Waals surface area contributed by atoms with Crippen molar-refractivity contribution in [1.29, 1.82) is 0 Å². The molecule has 0 saturated carbocycles. The molecule has 0 bridgehead atoms. The maximum atomic E-state index is 12.9. The maximum Gasteiger partial charge on any atom is 0.267 e. The van der Waals surface area contributed by atoms with E-state index in [1.54, 1.807) is 32.4 Å². The summed E-state index contributed by atoms with van der Waals surface area (Å²) in [5, 5.41) is 4.86. The Kier molecular flexibility index (Phi) is 7.44. The zero-order chi connectivity index (χ0) is 22.4. The van der Waals surface area contributed by atoms with E-state index in [1.165, 1.54) is 17.7 Å². The van der Waals surface area contributed by atoms with Crippen molar-refractivity contribution in [2.24, 2.45) is 0 Å². The highest BCUT2D eigenvalue weighted by Gasteiger charge is 2.18. The van der Waals surface area contributed by atoms with E-state index < -0.39 is 0 Å². The summed E-state index contributed by atoms with van der Waals surface area (Å²) < 4.78 is 17.3. The van der Waals surface area contributed by atoms with Crippen molar-refractivity contribution in [3.05, 3.63) is 75.0 Å². The molecule has 31 heavy (non-hydrogen) atoms. The molecule has 1 aromatic heterocycles. The van der Waals surface area contributed by atoms with Gasteiger partial charge in [-0.3, -0.25) is 9.59 Å². The van der Waals surface area contributed by atoms with Crippen molar-refractivity contribution < 1.29 is 19.0 Å². The second-order valence-electron chi connectivity index (χ2n) is 6.79. The van der Waals surface area contributed by atoms with E-state index in [0.717, 1.165) is 11.3 Å². The lowest BCUT2D eigenvalue weighted by Gasteiger charge is -2.15. The van der Waals surface area contributed by atoms with Gasteiger partial charge in [0, 0.05) is 23.8 Å². The molecule has 0 aliphatic heterocycles. The third kappa shape index (κ3) is 5.51. The molecule has 0 aliphatic rings. The maximum absolute atomic E-state index is 12.9. The van der Waals surface area contributed by atoms with Gasteiger partial charge in [0.25, 0.3) is 5.56 Å². The summed E-state index contributed by atoms with van der Waals surface area (Å²) in [6.07, 6.45) is 0. The first kappa shape index (κ1) is 22.5. The Morgan fingerprint density at radius 3 is 2.42 bits per heavy atom. The average molecular weight is 443 g/mol. The number of methoxy groups -OCH3 is 2. The first-order chi connectivity index (χ1) is 14.9. The van der Waals surface area contributed by atoms with E-state index in [0.29, 0.717) is 28.3 Å². The van der Waals surface area contributed by atoms with E-state index in [4.69, 9.17) is 25.8 Å². The largest absolute Gasteiger partial charge is 0.497 e. The van der Waals surface area contributed by atoms with Crippen molar-refractivity contribution in [2.45, 2.75) is 13.5 Å². The Balaban J connectivity index is 2.07. The fourth-order valence-electron chi connectivity index (χ4n) is 3.06. The van der Waals surface area contributed by atoms with E-state index in [-0.39, 0.29) is 30.4 Å². The third-order valence-corrected chi connectivity index (χ3v) is 4.87. The van der Waals surface area contributed by atoms with E-state index in [1.807, 2.05) is 24.3 Å². The number of ether oxygens (including phenoxy) is 3. The van der Waals surface area contributed by atoms with E-state index in [9.17, 15) is 9.59 Å². The molecular formula is C23H23ClN2O5. The molecule has 2 aromatic carbocycles. The van der Waals surface area contributed by atoms with Gasteiger partial charge in [0.2, 0.25) is 5.88 Å². The van der Waals surface area contributed by atoms with Crippen LogP contribution < -0.4 is 15.0 Å². The highest BCUT2D eigenvalue weighted by molar-refractivity contribution is 6.31. The standard InChI is InChI=1S/C23H23ClN2O5/c1-15(27)19-9-6-17(24)12-20(19)21-13-22(28)26(25-23(21)31-11-10-29-2)14-16-4-7-18(30-3)8-5-16/h4-9,12-13H,10-11,14H2,1-3H3. The zero-order valence-electron chi connectivity index (χ0n) is 17.6. The molecule has 0 spiro atoms. The van der Waals surface area contributed by atoms with Gasteiger partial charge in [-0.1, -0.05) is 23.7 Å². The highest BCUT2D eigenvalue weighted by Crippen LogP contribution is 2.32. The van der Waals surface area contributed by atoms with Crippen molar-refractivity contribution in [3.63, 3.8) is 0 Å². The number of halogens is 1. The quantitative estimate of drug-likeness (QED) is 0.370. The van der Waals surface area contributed by atoms with E-state index in [2.05, 4.69) is 5.10 Å². The number of hydrogen-bond donors (Lipinski definition) is 0. The van der Waals surface area contributed by atoms with Gasteiger partial charge < -0.3 is 14.2 Å². The van der Waals surface area contributed by atoms with Crippen molar-refractivity contribution in [1.82, 2.24) is 9.78 Å². The number of nitrogens with zero attached hydrogens (tertiary/aromatic N) is 2. The van der Waals surface area contributed by atoms with Crippen molar-refractivity contribution in [3.8, 4) is 22.8 Å². The summed E-state index contributed by atoms with van der Waals surface area (Å²) in [7, 11) is 3.15. The van der Waals surface area contributed by atoms with Gasteiger partial charge in [-0.15, -0.1) is 5.10 Å². The predicted molar refractivity (Wildman–Crippen MR) is 118 cm³/mol. The lowest BCUT2D eigenvalue weighted by Crippen LogP contribution is -2.24. The molecule has 7 nitrogen and oxygen atoms in total. The summed E-state index contributed by atoms with van der Waals surface area (Å²) in [5.41, 5.74) is 1.86. The number of carbonyl (C=O) groups excluding carboxylic acids is 1. The third-order valence-electron chi connectivity index (χ3n) is 4.63. The van der Waals surface area contributed by atoms with Crippen LogP contribution in [0.4, 0.5) is 0 Å². The van der Waals surface area contributed by atoms with Gasteiger partial charge in [0.15, 0.2) is 5.78 Å². The molecule has 8 heteroatoms. The molecular weight excluding hydrogens is 420 g/mol. The Morgan fingerprint density at radius 1 is 1.03 bits per heavy atom. The normalized spacial score (nSPS) is 10.7. The number of aromatic nitrogens is 2. The molecule has 0 N–H and O–H groups in total. The highest BCUT2D eigenvalue weighted by atomic mass is 35.5. The lowest BCUT2D eigenvalue weighted by molar-refractivity contribution is 0.101. The number of Topliss-reactive ketones (excluding diaryl/α,β-unsaturated/α-hetero) is 1. The summed E-state index contributed by atoms with van der Waals surface area (Å²) in [4.78, 5) is 25.0. The number of benzene rings is 2. The van der Waals surface area contributed by atoms with Crippen LogP contribution in [0.25, 0.3) is 11.1 Å². The van der Waals surface area contributed by atoms with Crippen LogP contribution in [0.5, 0.6) is 11.6 Å². The molecule has 0 saturated heterocycles. The molecule has 0 aliphatic carbocycles. The Labute approximate surface area is 185 Å². The van der Waals surface area contributed by atoms with Crippen LogP contribution in [-0.2, 0) is 11.3 Å². The zero-order valence-corrected chi connectivity index (χ0v) is 18.3. The Hall–Kier alpha value is -3.16. The molecule has 0 radical (unpaired) electrons. The second kappa shape index (κ2) is 10.2. The SMILES string of the molecule is COCCOc1nn(Cc2ccc(OC)cc2)c(=O)cc1-c1cc(Cl)ccc1C(C)=O. The fourth-order valence-corrected chi connectivity index (χ4v) is 3.23. The summed E-state index contributed by atoms with van der Waals surface area (Å²) in [6, 6.07) is 13.6. The molecule has 3 aromatic rings. The molecule has 0 atom stereocenters. The molecule has 3 rings (SSSR count). The predicted octanol–water partition coefficient (Wildman–Crippen LogP) is 3.85. The molecule has 0 unspecified atom stereocenters.